The second kappa shape index (κ2) is 5.87. The van der Waals surface area contributed by atoms with Crippen LogP contribution in [0.3, 0.4) is 0 Å². The summed E-state index contributed by atoms with van der Waals surface area (Å²) >= 11 is 0. The van der Waals surface area contributed by atoms with Gasteiger partial charge in [-0.15, -0.1) is 0 Å². The van der Waals surface area contributed by atoms with Crippen molar-refractivity contribution in [1.82, 2.24) is 0 Å². The van der Waals surface area contributed by atoms with Crippen LogP contribution in [0.1, 0.15) is 22.6 Å². The quantitative estimate of drug-likeness (QED) is 0.246. The lowest BCUT2D eigenvalue weighted by Crippen LogP contribution is -2.17. The summed E-state index contributed by atoms with van der Waals surface area (Å²) in [7, 11) is 0. The number of benzene rings is 5. The van der Waals surface area contributed by atoms with Crippen LogP contribution in [0.4, 0.5) is 0 Å². The van der Waals surface area contributed by atoms with Gasteiger partial charge >= 0.3 is 0 Å². The molecule has 0 fully saturated rings. The second-order valence-corrected chi connectivity index (χ2v) is 9.35. The van der Waals surface area contributed by atoms with Gasteiger partial charge in [0.25, 0.3) is 0 Å². The Hall–Kier alpha value is -3.90. The maximum atomic E-state index is 2.44. The largest absolute Gasteiger partial charge is 0.0759 e. The molecule has 32 heavy (non-hydrogen) atoms. The van der Waals surface area contributed by atoms with Crippen molar-refractivity contribution < 1.29 is 0 Å². The zero-order valence-electron chi connectivity index (χ0n) is 17.6. The van der Waals surface area contributed by atoms with Gasteiger partial charge in [-0.05, 0) is 95.9 Å². The van der Waals surface area contributed by atoms with Crippen LogP contribution in [0.25, 0.3) is 49.5 Å². The second-order valence-electron chi connectivity index (χ2n) is 9.35. The summed E-state index contributed by atoms with van der Waals surface area (Å²) in [5, 5.41) is 8.08. The maximum absolute atomic E-state index is 2.44. The third-order valence-electron chi connectivity index (χ3n) is 7.64. The number of rotatable bonds is 1. The van der Waals surface area contributed by atoms with E-state index in [1.54, 1.807) is 0 Å². The van der Waals surface area contributed by atoms with E-state index in [9.17, 15) is 0 Å². The molecule has 0 heteroatoms. The van der Waals surface area contributed by atoms with Crippen LogP contribution in [0.15, 0.2) is 108 Å². The van der Waals surface area contributed by atoms with E-state index in [2.05, 4.69) is 103 Å². The molecule has 0 saturated carbocycles. The van der Waals surface area contributed by atoms with E-state index < -0.39 is 0 Å². The summed E-state index contributed by atoms with van der Waals surface area (Å²) in [5.41, 5.74) is 9.88. The minimum atomic E-state index is 0.420. The molecule has 0 bridgehead atoms. The topological polar surface area (TPSA) is 0 Å². The van der Waals surface area contributed by atoms with Crippen molar-refractivity contribution in [2.24, 2.45) is 0 Å². The molecule has 0 aromatic heterocycles. The monoisotopic (exact) mass is 404 g/mol. The highest BCUT2D eigenvalue weighted by molar-refractivity contribution is 6.23. The third kappa shape index (κ3) is 2.12. The summed E-state index contributed by atoms with van der Waals surface area (Å²) < 4.78 is 0. The van der Waals surface area contributed by atoms with Crippen molar-refractivity contribution in [2.45, 2.75) is 12.3 Å². The van der Waals surface area contributed by atoms with Crippen molar-refractivity contribution in [3.63, 3.8) is 0 Å². The van der Waals surface area contributed by atoms with Gasteiger partial charge in [0, 0.05) is 5.92 Å². The first-order valence-electron chi connectivity index (χ1n) is 11.4. The van der Waals surface area contributed by atoms with E-state index in [4.69, 9.17) is 0 Å². The van der Waals surface area contributed by atoms with Gasteiger partial charge in [0.2, 0.25) is 0 Å². The van der Waals surface area contributed by atoms with Crippen LogP contribution < -0.4 is 0 Å². The Morgan fingerprint density at radius 2 is 1.34 bits per heavy atom. The molecule has 0 radical (unpaired) electrons. The lowest BCUT2D eigenvalue weighted by atomic mass is 9.70. The Morgan fingerprint density at radius 1 is 0.625 bits per heavy atom. The average Bonchev–Trinajstić information content (AvgIpc) is 2.85. The minimum absolute atomic E-state index is 0.420. The van der Waals surface area contributed by atoms with E-state index in [-0.39, 0.29) is 0 Å². The van der Waals surface area contributed by atoms with Gasteiger partial charge < -0.3 is 0 Å². The standard InChI is InChI=1S/C32H20/c1-3-19-7-11-23-15-27(16-24-12-8-20(4-1)29(19)31(23)24)28-17-25-13-9-21-5-2-6-22-10-14-26(18-28)32(25)30(21)22/h1-13,15-18,30H,14H2. The predicted octanol–water partition coefficient (Wildman–Crippen LogP) is 8.34. The van der Waals surface area contributed by atoms with Gasteiger partial charge in [-0.25, -0.2) is 0 Å². The van der Waals surface area contributed by atoms with Crippen LogP contribution in [-0.2, 0) is 6.42 Å². The predicted molar refractivity (Wildman–Crippen MR) is 136 cm³/mol. The first-order chi connectivity index (χ1) is 15.8. The Bertz CT molecular complexity index is 1670. The zero-order valence-corrected chi connectivity index (χ0v) is 17.6. The van der Waals surface area contributed by atoms with Crippen molar-refractivity contribution in [2.75, 3.05) is 0 Å². The van der Waals surface area contributed by atoms with Gasteiger partial charge in [-0.3, -0.25) is 0 Å². The molecule has 0 amide bonds. The van der Waals surface area contributed by atoms with Gasteiger partial charge in [-0.1, -0.05) is 85.0 Å². The lowest BCUT2D eigenvalue weighted by Gasteiger charge is -2.33. The molecule has 1 atom stereocenters. The fraction of sp³-hybridized carbons (Fsp3) is 0.0625. The molecule has 148 valence electrons. The van der Waals surface area contributed by atoms with E-state index in [0.717, 1.165) is 6.42 Å². The molecule has 0 aliphatic heterocycles. The van der Waals surface area contributed by atoms with Crippen molar-refractivity contribution in [3.8, 4) is 11.1 Å². The van der Waals surface area contributed by atoms with Crippen molar-refractivity contribution in [1.29, 1.82) is 0 Å². The summed E-state index contributed by atoms with van der Waals surface area (Å²) in [6.07, 6.45) is 14.8. The highest BCUT2D eigenvalue weighted by Crippen LogP contribution is 2.47. The van der Waals surface area contributed by atoms with E-state index in [0.29, 0.717) is 5.92 Å². The normalized spacial score (nSPS) is 18.3. The van der Waals surface area contributed by atoms with Crippen LogP contribution in [-0.4, -0.2) is 0 Å². The summed E-state index contributed by atoms with van der Waals surface area (Å²) in [4.78, 5) is 0. The number of hydrogen-bond acceptors (Lipinski definition) is 0. The minimum Gasteiger partial charge on any atom is -0.0759 e. The Kier molecular flexibility index (Phi) is 3.07. The Labute approximate surface area is 186 Å². The molecule has 0 saturated heterocycles. The first-order valence-corrected chi connectivity index (χ1v) is 11.4. The van der Waals surface area contributed by atoms with Crippen LogP contribution in [0.2, 0.25) is 0 Å². The van der Waals surface area contributed by atoms with Crippen LogP contribution >= 0.6 is 0 Å². The molecule has 3 aliphatic carbocycles. The molecule has 5 aromatic carbocycles. The summed E-state index contributed by atoms with van der Waals surface area (Å²) in [6, 6.07) is 25.3. The van der Waals surface area contributed by atoms with Crippen LogP contribution in [0, 0.1) is 0 Å². The highest BCUT2D eigenvalue weighted by atomic mass is 14.3. The number of allylic oxidation sites excluding steroid dienone is 7. The summed E-state index contributed by atoms with van der Waals surface area (Å²) in [5.74, 6) is 0.420. The van der Waals surface area contributed by atoms with Crippen LogP contribution in [0.5, 0.6) is 0 Å². The fourth-order valence-electron chi connectivity index (χ4n) is 6.22. The smallest absolute Gasteiger partial charge is 0.0345 e. The van der Waals surface area contributed by atoms with E-state index in [1.807, 2.05) is 0 Å². The first kappa shape index (κ1) is 16.8. The Morgan fingerprint density at radius 3 is 2.16 bits per heavy atom. The molecule has 0 N–H and O–H groups in total. The molecule has 0 heterocycles. The molecule has 3 aliphatic rings. The molecule has 0 spiro atoms. The molecule has 0 nitrogen and oxygen atoms in total. The highest BCUT2D eigenvalue weighted by Gasteiger charge is 2.30. The molecular formula is C32H20. The van der Waals surface area contributed by atoms with Gasteiger partial charge in [0.15, 0.2) is 0 Å². The Balaban J connectivity index is 1.37. The molecule has 1 unspecified atom stereocenters. The van der Waals surface area contributed by atoms with E-state index >= 15 is 0 Å². The lowest BCUT2D eigenvalue weighted by molar-refractivity contribution is 0.893. The molecular weight excluding hydrogens is 384 g/mol. The third-order valence-corrected chi connectivity index (χ3v) is 7.64. The fourth-order valence-corrected chi connectivity index (χ4v) is 6.22. The van der Waals surface area contributed by atoms with Gasteiger partial charge in [0.1, 0.15) is 0 Å². The van der Waals surface area contributed by atoms with Crippen molar-refractivity contribution >= 4 is 38.4 Å². The van der Waals surface area contributed by atoms with E-state index in [1.165, 1.54) is 71.3 Å². The molecule has 8 rings (SSSR count). The van der Waals surface area contributed by atoms with Crippen molar-refractivity contribution in [3.05, 3.63) is 125 Å². The zero-order chi connectivity index (χ0) is 20.8. The SMILES string of the molecule is C1=CC2=CCc3cc(-c4cc5ccc6cccc7ccc(c4)c5c67)cc4c3C2C(=C1)C=C4. The maximum Gasteiger partial charge on any atom is 0.0345 e. The molecule has 5 aromatic rings. The average molecular weight is 405 g/mol. The van der Waals surface area contributed by atoms with Gasteiger partial charge in [-0.2, -0.15) is 0 Å². The van der Waals surface area contributed by atoms with Gasteiger partial charge in [0.05, 0.1) is 0 Å². The summed E-state index contributed by atoms with van der Waals surface area (Å²) in [6.45, 7) is 0. The number of hydrogen-bond donors (Lipinski definition) is 0.